The lowest BCUT2D eigenvalue weighted by Crippen LogP contribution is -2.01. The molecule has 1 fully saturated rings. The van der Waals surface area contributed by atoms with Crippen molar-refractivity contribution in [3.05, 3.63) is 36.3 Å². The highest BCUT2D eigenvalue weighted by Crippen LogP contribution is 2.20. The number of hydrogen-bond acceptors (Lipinski definition) is 3. The fraction of sp³-hybridized carbons (Fsp3) is 0.333. The van der Waals surface area contributed by atoms with Crippen molar-refractivity contribution in [1.29, 1.82) is 0 Å². The molecule has 0 amide bonds. The van der Waals surface area contributed by atoms with Crippen LogP contribution in [0.15, 0.2) is 36.3 Å². The minimum Gasteiger partial charge on any atom is -0.454 e. The predicted molar refractivity (Wildman–Crippen MR) is 45.1 cm³/mol. The van der Waals surface area contributed by atoms with Crippen molar-refractivity contribution in [2.75, 3.05) is 6.79 Å². The molecule has 3 nitrogen and oxygen atoms in total. The second-order valence-electron chi connectivity index (χ2n) is 2.59. The SMILES string of the molecule is C=C1OCO/C1=C/C(=C)C(C)O. The maximum atomic E-state index is 9.10. The first-order valence-electron chi connectivity index (χ1n) is 3.64. The zero-order valence-corrected chi connectivity index (χ0v) is 7.04. The topological polar surface area (TPSA) is 38.7 Å². The van der Waals surface area contributed by atoms with Crippen LogP contribution in [0.4, 0.5) is 0 Å². The van der Waals surface area contributed by atoms with E-state index in [-0.39, 0.29) is 6.79 Å². The molecule has 1 aliphatic rings. The van der Waals surface area contributed by atoms with E-state index in [1.165, 1.54) is 0 Å². The highest BCUT2D eigenvalue weighted by atomic mass is 16.7. The van der Waals surface area contributed by atoms with Crippen LogP contribution in [0.3, 0.4) is 0 Å². The summed E-state index contributed by atoms with van der Waals surface area (Å²) in [6, 6.07) is 0. The molecule has 3 heteroatoms. The Labute approximate surface area is 71.6 Å². The average Bonchev–Trinajstić information content (AvgIpc) is 2.36. The smallest absolute Gasteiger partial charge is 0.231 e. The summed E-state index contributed by atoms with van der Waals surface area (Å²) in [5.41, 5.74) is 0.580. The van der Waals surface area contributed by atoms with Gasteiger partial charge in [0.1, 0.15) is 0 Å². The highest BCUT2D eigenvalue weighted by Gasteiger charge is 2.14. The summed E-state index contributed by atoms with van der Waals surface area (Å²) in [6.07, 6.45) is 1.05. The summed E-state index contributed by atoms with van der Waals surface area (Å²) in [7, 11) is 0. The van der Waals surface area contributed by atoms with E-state index in [1.54, 1.807) is 13.0 Å². The zero-order chi connectivity index (χ0) is 9.14. The molecule has 0 saturated carbocycles. The summed E-state index contributed by atoms with van der Waals surface area (Å²) in [6.45, 7) is 9.09. The summed E-state index contributed by atoms with van der Waals surface area (Å²) >= 11 is 0. The predicted octanol–water partition coefficient (Wildman–Crippen LogP) is 1.33. The quantitative estimate of drug-likeness (QED) is 0.676. The van der Waals surface area contributed by atoms with Gasteiger partial charge in [-0.05, 0) is 18.6 Å². The van der Waals surface area contributed by atoms with Crippen molar-refractivity contribution in [3.8, 4) is 0 Å². The first-order valence-corrected chi connectivity index (χ1v) is 3.64. The van der Waals surface area contributed by atoms with E-state index in [2.05, 4.69) is 13.2 Å². The largest absolute Gasteiger partial charge is 0.454 e. The van der Waals surface area contributed by atoms with Gasteiger partial charge in [-0.2, -0.15) is 0 Å². The third-order valence-corrected chi connectivity index (χ3v) is 1.58. The zero-order valence-electron chi connectivity index (χ0n) is 7.04. The molecular formula is C9H12O3. The first kappa shape index (κ1) is 8.87. The lowest BCUT2D eigenvalue weighted by molar-refractivity contribution is 0.0978. The maximum Gasteiger partial charge on any atom is 0.231 e. The van der Waals surface area contributed by atoms with Gasteiger partial charge >= 0.3 is 0 Å². The lowest BCUT2D eigenvalue weighted by Gasteiger charge is -2.03. The van der Waals surface area contributed by atoms with Gasteiger partial charge in [0.05, 0.1) is 6.10 Å². The molecule has 1 aliphatic heterocycles. The molecule has 1 unspecified atom stereocenters. The van der Waals surface area contributed by atoms with E-state index in [0.29, 0.717) is 17.1 Å². The van der Waals surface area contributed by atoms with Crippen LogP contribution < -0.4 is 0 Å². The molecule has 0 aromatic carbocycles. The van der Waals surface area contributed by atoms with E-state index >= 15 is 0 Å². The monoisotopic (exact) mass is 168 g/mol. The molecule has 0 spiro atoms. The Morgan fingerprint density at radius 1 is 1.67 bits per heavy atom. The molecule has 0 aromatic rings. The second-order valence-corrected chi connectivity index (χ2v) is 2.59. The van der Waals surface area contributed by atoms with Crippen LogP contribution in [0.5, 0.6) is 0 Å². The first-order chi connectivity index (χ1) is 5.61. The molecule has 1 heterocycles. The number of hydrogen-bond donors (Lipinski definition) is 1. The van der Waals surface area contributed by atoms with Crippen molar-refractivity contribution < 1.29 is 14.6 Å². The van der Waals surface area contributed by atoms with Crippen molar-refractivity contribution >= 4 is 0 Å². The number of rotatable bonds is 2. The molecule has 12 heavy (non-hydrogen) atoms. The molecule has 0 aromatic heterocycles. The van der Waals surface area contributed by atoms with E-state index in [9.17, 15) is 0 Å². The fourth-order valence-corrected chi connectivity index (χ4v) is 0.727. The molecular weight excluding hydrogens is 156 g/mol. The average molecular weight is 168 g/mol. The van der Waals surface area contributed by atoms with Crippen LogP contribution in [0, 0.1) is 0 Å². The van der Waals surface area contributed by atoms with Gasteiger partial charge in [0.2, 0.25) is 6.79 Å². The van der Waals surface area contributed by atoms with Crippen LogP contribution in [0.2, 0.25) is 0 Å². The van der Waals surface area contributed by atoms with E-state index in [4.69, 9.17) is 14.6 Å². The minimum atomic E-state index is -0.575. The van der Waals surface area contributed by atoms with Gasteiger partial charge in [-0.3, -0.25) is 0 Å². The summed E-state index contributed by atoms with van der Waals surface area (Å²) in [4.78, 5) is 0. The standard InChI is InChI=1S/C9H12O3/c1-6(7(2)10)4-9-8(3)11-5-12-9/h4,7,10H,1,3,5H2,2H3/b9-4+. The highest BCUT2D eigenvalue weighted by molar-refractivity contribution is 5.29. The van der Waals surface area contributed by atoms with Crippen molar-refractivity contribution in [3.63, 3.8) is 0 Å². The normalized spacial score (nSPS) is 21.8. The van der Waals surface area contributed by atoms with Crippen LogP contribution in [0.1, 0.15) is 6.92 Å². The Morgan fingerprint density at radius 2 is 2.33 bits per heavy atom. The maximum absolute atomic E-state index is 9.10. The Bertz CT molecular complexity index is 238. The Kier molecular flexibility index (Phi) is 2.55. The van der Waals surface area contributed by atoms with Gasteiger partial charge < -0.3 is 14.6 Å². The molecule has 0 aliphatic carbocycles. The van der Waals surface area contributed by atoms with Gasteiger partial charge in [0, 0.05) is 0 Å². The van der Waals surface area contributed by atoms with E-state index in [1.807, 2.05) is 0 Å². The summed E-state index contributed by atoms with van der Waals surface area (Å²) in [5, 5.41) is 9.10. The third-order valence-electron chi connectivity index (χ3n) is 1.58. The van der Waals surface area contributed by atoms with Crippen molar-refractivity contribution in [2.24, 2.45) is 0 Å². The number of aliphatic hydroxyl groups is 1. The molecule has 66 valence electrons. The van der Waals surface area contributed by atoms with Crippen LogP contribution in [-0.4, -0.2) is 18.0 Å². The van der Waals surface area contributed by atoms with Crippen molar-refractivity contribution in [1.82, 2.24) is 0 Å². The molecule has 1 N–H and O–H groups in total. The summed E-state index contributed by atoms with van der Waals surface area (Å²) < 4.78 is 9.99. The van der Waals surface area contributed by atoms with E-state index in [0.717, 1.165) is 0 Å². The Balaban J connectivity index is 2.68. The Morgan fingerprint density at radius 3 is 2.75 bits per heavy atom. The molecule has 0 bridgehead atoms. The van der Waals surface area contributed by atoms with Crippen LogP contribution >= 0.6 is 0 Å². The van der Waals surface area contributed by atoms with E-state index < -0.39 is 6.10 Å². The molecule has 1 saturated heterocycles. The Hall–Kier alpha value is -1.22. The number of ether oxygens (including phenoxy) is 2. The summed E-state index contributed by atoms with van der Waals surface area (Å²) in [5.74, 6) is 1.03. The molecule has 1 rings (SSSR count). The fourth-order valence-electron chi connectivity index (χ4n) is 0.727. The van der Waals surface area contributed by atoms with Crippen molar-refractivity contribution in [2.45, 2.75) is 13.0 Å². The molecule has 1 atom stereocenters. The van der Waals surface area contributed by atoms with Gasteiger partial charge in [-0.25, -0.2) is 0 Å². The van der Waals surface area contributed by atoms with Gasteiger partial charge in [0.25, 0.3) is 0 Å². The van der Waals surface area contributed by atoms with Gasteiger partial charge in [-0.1, -0.05) is 13.2 Å². The van der Waals surface area contributed by atoms with Gasteiger partial charge in [0.15, 0.2) is 11.5 Å². The van der Waals surface area contributed by atoms with Crippen LogP contribution in [-0.2, 0) is 9.47 Å². The minimum absolute atomic E-state index is 0.192. The molecule has 0 radical (unpaired) electrons. The second kappa shape index (κ2) is 3.45. The van der Waals surface area contributed by atoms with Crippen LogP contribution in [0.25, 0.3) is 0 Å². The lowest BCUT2D eigenvalue weighted by atomic mass is 10.1. The third kappa shape index (κ3) is 1.89. The van der Waals surface area contributed by atoms with Gasteiger partial charge in [-0.15, -0.1) is 0 Å². The number of aliphatic hydroxyl groups excluding tert-OH is 1.